The van der Waals surface area contributed by atoms with Crippen molar-refractivity contribution >= 4 is 38.2 Å². The van der Waals surface area contributed by atoms with Crippen LogP contribution in [0.25, 0.3) is 10.9 Å². The second-order valence-corrected chi connectivity index (χ2v) is 8.81. The maximum absolute atomic E-state index is 13.2. The summed E-state index contributed by atoms with van der Waals surface area (Å²) in [4.78, 5) is 3.07. The van der Waals surface area contributed by atoms with Gasteiger partial charge in [0.05, 0.1) is 5.02 Å². The van der Waals surface area contributed by atoms with Crippen LogP contribution in [-0.4, -0.2) is 26.0 Å². The number of hydrogen-bond donors (Lipinski definition) is 3. The van der Waals surface area contributed by atoms with Gasteiger partial charge >= 0.3 is 0 Å². The van der Waals surface area contributed by atoms with E-state index in [1.165, 1.54) is 6.42 Å². The number of rotatable bonds is 5. The average molecular weight is 408 g/mol. The van der Waals surface area contributed by atoms with Crippen LogP contribution in [-0.2, 0) is 16.4 Å². The Kier molecular flexibility index (Phi) is 4.84. The lowest BCUT2D eigenvalue weighted by molar-refractivity contribution is 0.599. The van der Waals surface area contributed by atoms with Crippen LogP contribution in [0.2, 0.25) is 5.02 Å². The topological polar surface area (TPSA) is 74.0 Å². The van der Waals surface area contributed by atoms with Crippen molar-refractivity contribution in [2.75, 3.05) is 11.3 Å². The summed E-state index contributed by atoms with van der Waals surface area (Å²) in [6.45, 7) is 1.04. The molecule has 0 spiro atoms. The van der Waals surface area contributed by atoms with Crippen LogP contribution in [0.3, 0.4) is 0 Å². The maximum Gasteiger partial charge on any atom is 0.263 e. The minimum Gasteiger partial charge on any atom is -0.361 e. The summed E-state index contributed by atoms with van der Waals surface area (Å²) in [6, 6.07) is 9.00. The van der Waals surface area contributed by atoms with Crippen molar-refractivity contribution in [2.24, 2.45) is 0 Å². The Morgan fingerprint density at radius 1 is 1.22 bits per heavy atom. The zero-order valence-corrected chi connectivity index (χ0v) is 16.0. The Morgan fingerprint density at radius 3 is 2.81 bits per heavy atom. The summed E-state index contributed by atoms with van der Waals surface area (Å²) >= 11 is 5.91. The van der Waals surface area contributed by atoms with E-state index in [1.807, 2.05) is 18.3 Å². The lowest BCUT2D eigenvalue weighted by Gasteiger charge is -2.11. The summed E-state index contributed by atoms with van der Waals surface area (Å²) in [5.74, 6) is -0.585. The first-order chi connectivity index (χ1) is 12.9. The predicted molar refractivity (Wildman–Crippen MR) is 105 cm³/mol. The van der Waals surface area contributed by atoms with Crippen molar-refractivity contribution < 1.29 is 12.8 Å². The van der Waals surface area contributed by atoms with E-state index in [4.69, 9.17) is 11.6 Å². The monoisotopic (exact) mass is 407 g/mol. The van der Waals surface area contributed by atoms with Crippen LogP contribution in [0.5, 0.6) is 0 Å². The van der Waals surface area contributed by atoms with Gasteiger partial charge in [-0.25, -0.2) is 12.8 Å². The molecule has 1 atom stereocenters. The van der Waals surface area contributed by atoms with Crippen LogP contribution < -0.4 is 10.0 Å². The number of hydrogen-bond acceptors (Lipinski definition) is 3. The van der Waals surface area contributed by atoms with Gasteiger partial charge in [-0.1, -0.05) is 11.6 Å². The second kappa shape index (κ2) is 7.14. The SMILES string of the molecule is O=S(=O)(Nc1ccc2[nH]cc(C[C@H]3CCCN3)c2c1)c1ccc(F)cc1Cl. The molecule has 3 aromatic rings. The van der Waals surface area contributed by atoms with Crippen LogP contribution in [0, 0.1) is 5.82 Å². The number of fused-ring (bicyclic) bond motifs is 1. The molecule has 3 N–H and O–H groups in total. The molecule has 27 heavy (non-hydrogen) atoms. The van der Waals surface area contributed by atoms with E-state index >= 15 is 0 Å². The van der Waals surface area contributed by atoms with Crippen LogP contribution in [0.1, 0.15) is 18.4 Å². The highest BCUT2D eigenvalue weighted by molar-refractivity contribution is 7.92. The van der Waals surface area contributed by atoms with Gasteiger partial charge in [0.25, 0.3) is 10.0 Å². The molecule has 5 nitrogen and oxygen atoms in total. The summed E-state index contributed by atoms with van der Waals surface area (Å²) in [5, 5.41) is 4.30. The number of sulfonamides is 1. The molecule has 2 aromatic carbocycles. The molecule has 1 aliphatic rings. The molecular formula is C19H19ClFN3O2S. The van der Waals surface area contributed by atoms with Gasteiger partial charge in [-0.3, -0.25) is 4.72 Å². The third-order valence-electron chi connectivity index (χ3n) is 4.83. The van der Waals surface area contributed by atoms with E-state index in [0.717, 1.165) is 54.1 Å². The van der Waals surface area contributed by atoms with E-state index in [1.54, 1.807) is 6.07 Å². The van der Waals surface area contributed by atoms with Gasteiger partial charge in [-0.15, -0.1) is 0 Å². The standard InChI is InChI=1S/C19H19ClFN3O2S/c20-17-9-13(21)3-6-19(17)27(25,26)24-15-4-5-18-16(10-15)12(11-23-18)8-14-2-1-7-22-14/h3-6,9-11,14,22-24H,1-2,7-8H2/t14-/m1/s1. The average Bonchev–Trinajstić information content (AvgIpc) is 3.25. The van der Waals surface area contributed by atoms with E-state index < -0.39 is 15.8 Å². The number of H-pyrrole nitrogens is 1. The van der Waals surface area contributed by atoms with Crippen molar-refractivity contribution in [2.45, 2.75) is 30.2 Å². The molecule has 2 heterocycles. The van der Waals surface area contributed by atoms with E-state index in [0.29, 0.717) is 11.7 Å². The Hall–Kier alpha value is -2.09. The fourth-order valence-corrected chi connectivity index (χ4v) is 5.09. The lowest BCUT2D eigenvalue weighted by Crippen LogP contribution is -2.23. The number of benzene rings is 2. The summed E-state index contributed by atoms with van der Waals surface area (Å²) in [7, 11) is -3.92. The van der Waals surface area contributed by atoms with Gasteiger partial charge in [-0.05, 0) is 67.8 Å². The van der Waals surface area contributed by atoms with Crippen LogP contribution in [0.4, 0.5) is 10.1 Å². The first-order valence-corrected chi connectivity index (χ1v) is 10.6. The molecular weight excluding hydrogens is 389 g/mol. The highest BCUT2D eigenvalue weighted by Gasteiger charge is 2.20. The normalized spacial score (nSPS) is 17.5. The first kappa shape index (κ1) is 18.3. The zero-order chi connectivity index (χ0) is 19.0. The summed E-state index contributed by atoms with van der Waals surface area (Å²) in [6.07, 6.45) is 5.18. The Labute approximate surface area is 162 Å². The minimum atomic E-state index is -3.92. The molecule has 0 radical (unpaired) electrons. The highest BCUT2D eigenvalue weighted by atomic mass is 35.5. The molecule has 0 aliphatic carbocycles. The van der Waals surface area contributed by atoms with Gasteiger partial charge < -0.3 is 10.3 Å². The molecule has 142 valence electrons. The molecule has 1 aromatic heterocycles. The fourth-order valence-electron chi connectivity index (χ4n) is 3.51. The molecule has 0 amide bonds. The van der Waals surface area contributed by atoms with Gasteiger partial charge in [0, 0.05) is 28.8 Å². The third-order valence-corrected chi connectivity index (χ3v) is 6.70. The molecule has 1 fully saturated rings. The summed E-state index contributed by atoms with van der Waals surface area (Å²) < 4.78 is 41.0. The number of aromatic amines is 1. The Bertz CT molecular complexity index is 1090. The van der Waals surface area contributed by atoms with Crippen molar-refractivity contribution in [1.82, 2.24) is 10.3 Å². The summed E-state index contributed by atoms with van der Waals surface area (Å²) in [5.41, 5.74) is 2.53. The van der Waals surface area contributed by atoms with Crippen LogP contribution in [0.15, 0.2) is 47.5 Å². The van der Waals surface area contributed by atoms with Gasteiger partial charge in [0.1, 0.15) is 10.7 Å². The third kappa shape index (κ3) is 3.81. The van der Waals surface area contributed by atoms with Crippen molar-refractivity contribution in [3.05, 3.63) is 59.0 Å². The fraction of sp³-hybridized carbons (Fsp3) is 0.263. The molecule has 4 rings (SSSR count). The maximum atomic E-state index is 13.2. The highest BCUT2D eigenvalue weighted by Crippen LogP contribution is 2.28. The predicted octanol–water partition coefficient (Wildman–Crippen LogP) is 4.06. The van der Waals surface area contributed by atoms with Gasteiger partial charge in [0.15, 0.2) is 0 Å². The van der Waals surface area contributed by atoms with E-state index in [2.05, 4.69) is 15.0 Å². The Balaban J connectivity index is 1.63. The Morgan fingerprint density at radius 2 is 2.07 bits per heavy atom. The number of aromatic nitrogens is 1. The number of nitrogens with one attached hydrogen (secondary N) is 3. The quantitative estimate of drug-likeness (QED) is 0.597. The van der Waals surface area contributed by atoms with E-state index in [9.17, 15) is 12.8 Å². The molecule has 8 heteroatoms. The van der Waals surface area contributed by atoms with Crippen molar-refractivity contribution in [1.29, 1.82) is 0 Å². The largest absolute Gasteiger partial charge is 0.361 e. The molecule has 0 unspecified atom stereocenters. The van der Waals surface area contributed by atoms with Gasteiger partial charge in [-0.2, -0.15) is 0 Å². The zero-order valence-electron chi connectivity index (χ0n) is 14.4. The van der Waals surface area contributed by atoms with Crippen molar-refractivity contribution in [3.63, 3.8) is 0 Å². The number of anilines is 1. The second-order valence-electron chi connectivity index (χ2n) is 6.75. The lowest BCUT2D eigenvalue weighted by atomic mass is 10.0. The minimum absolute atomic E-state index is 0.154. The molecule has 1 saturated heterocycles. The molecule has 0 bridgehead atoms. The number of halogens is 2. The van der Waals surface area contributed by atoms with Gasteiger partial charge in [0.2, 0.25) is 0 Å². The smallest absolute Gasteiger partial charge is 0.263 e. The molecule has 0 saturated carbocycles. The van der Waals surface area contributed by atoms with E-state index in [-0.39, 0.29) is 9.92 Å². The first-order valence-electron chi connectivity index (χ1n) is 8.74. The van der Waals surface area contributed by atoms with Crippen molar-refractivity contribution in [3.8, 4) is 0 Å². The molecule has 1 aliphatic heterocycles. The van der Waals surface area contributed by atoms with Crippen LogP contribution >= 0.6 is 11.6 Å².